The summed E-state index contributed by atoms with van der Waals surface area (Å²) in [6, 6.07) is 24.7. The van der Waals surface area contributed by atoms with Crippen LogP contribution in [-0.4, -0.2) is 11.8 Å². The van der Waals surface area contributed by atoms with E-state index < -0.39 is 17.9 Å². The van der Waals surface area contributed by atoms with Gasteiger partial charge in [0.15, 0.2) is 0 Å². The number of para-hydroxylation sites is 1. The Morgan fingerprint density at radius 1 is 0.724 bits per heavy atom. The normalized spacial score (nSPS) is 10.8. The summed E-state index contributed by atoms with van der Waals surface area (Å²) in [5.41, 5.74) is 4.48. The number of hydrogen-bond acceptors (Lipinski definition) is 2. The lowest BCUT2D eigenvalue weighted by Crippen LogP contribution is -2.38. The van der Waals surface area contributed by atoms with Crippen LogP contribution in [0.5, 0.6) is 0 Å². The van der Waals surface area contributed by atoms with Crippen LogP contribution in [0.25, 0.3) is 0 Å². The summed E-state index contributed by atoms with van der Waals surface area (Å²) in [5.74, 6) is -1.10. The molecular weight excluding hydrogens is 360 g/mol. The molecule has 29 heavy (non-hydrogen) atoms. The van der Waals surface area contributed by atoms with Crippen molar-refractivity contribution in [2.45, 2.75) is 32.7 Å². The van der Waals surface area contributed by atoms with E-state index in [0.29, 0.717) is 5.69 Å². The van der Waals surface area contributed by atoms with Gasteiger partial charge >= 0.3 is 11.8 Å². The van der Waals surface area contributed by atoms with Crippen molar-refractivity contribution in [3.63, 3.8) is 0 Å². The highest BCUT2D eigenvalue weighted by Gasteiger charge is 2.22. The Balaban J connectivity index is 1.83. The van der Waals surface area contributed by atoms with E-state index in [1.165, 1.54) is 0 Å². The Kier molecular flexibility index (Phi) is 6.45. The van der Waals surface area contributed by atoms with Gasteiger partial charge in [-0.1, -0.05) is 92.7 Å². The summed E-state index contributed by atoms with van der Waals surface area (Å²) in [7, 11) is 0. The number of rotatable bonds is 5. The second kappa shape index (κ2) is 9.20. The van der Waals surface area contributed by atoms with Crippen molar-refractivity contribution in [2.75, 3.05) is 5.32 Å². The molecule has 0 radical (unpaired) electrons. The lowest BCUT2D eigenvalue weighted by Gasteiger charge is -2.20. The lowest BCUT2D eigenvalue weighted by molar-refractivity contribution is -0.136. The van der Waals surface area contributed by atoms with E-state index >= 15 is 0 Å². The molecule has 2 N–H and O–H groups in total. The summed E-state index contributed by atoms with van der Waals surface area (Å²) < 4.78 is 0. The molecule has 0 saturated carbocycles. The molecule has 4 heteroatoms. The summed E-state index contributed by atoms with van der Waals surface area (Å²) in [6.45, 7) is 6.05. The molecule has 0 heterocycles. The van der Waals surface area contributed by atoms with Gasteiger partial charge in [0, 0.05) is 5.69 Å². The summed E-state index contributed by atoms with van der Waals surface area (Å²) in [6.07, 6.45) is 0. The monoisotopic (exact) mass is 386 g/mol. The van der Waals surface area contributed by atoms with Crippen molar-refractivity contribution in [2.24, 2.45) is 0 Å². The zero-order chi connectivity index (χ0) is 20.8. The summed E-state index contributed by atoms with van der Waals surface area (Å²) in [5, 5.41) is 5.70. The van der Waals surface area contributed by atoms with Gasteiger partial charge in [-0.2, -0.15) is 0 Å². The van der Waals surface area contributed by atoms with Gasteiger partial charge in [-0.3, -0.25) is 9.59 Å². The average Bonchev–Trinajstić information content (AvgIpc) is 2.74. The molecule has 4 nitrogen and oxygen atoms in total. The molecule has 0 spiro atoms. The van der Waals surface area contributed by atoms with E-state index in [4.69, 9.17) is 0 Å². The molecule has 0 unspecified atom stereocenters. The number of aryl methyl sites for hydroxylation is 1. The molecule has 0 atom stereocenters. The minimum absolute atomic E-state index is 0.231. The molecular formula is C25H26N2O2. The minimum atomic E-state index is -0.668. The first kappa shape index (κ1) is 20.3. The van der Waals surface area contributed by atoms with Crippen LogP contribution in [0.15, 0.2) is 78.9 Å². The van der Waals surface area contributed by atoms with Gasteiger partial charge < -0.3 is 10.6 Å². The van der Waals surface area contributed by atoms with E-state index in [1.807, 2.05) is 85.8 Å². The SMILES string of the molecule is Cc1cccc(C(C)C)c1NC(=O)C(=O)NC(c1ccccc1)c1ccccc1. The Hall–Kier alpha value is -3.40. The standard InChI is InChI=1S/C25H26N2O2/c1-17(2)21-16-10-11-18(3)22(21)26-24(28)25(29)27-23(19-12-6-4-7-13-19)20-14-8-5-9-15-20/h4-17,23H,1-3H3,(H,26,28)(H,27,29). The molecule has 0 fully saturated rings. The third-order valence-corrected chi connectivity index (χ3v) is 4.91. The Morgan fingerprint density at radius 3 is 1.79 bits per heavy atom. The predicted octanol–water partition coefficient (Wildman–Crippen LogP) is 4.96. The van der Waals surface area contributed by atoms with Gasteiger partial charge in [0.1, 0.15) is 0 Å². The van der Waals surface area contributed by atoms with Crippen molar-refractivity contribution in [3.8, 4) is 0 Å². The summed E-state index contributed by atoms with van der Waals surface area (Å²) in [4.78, 5) is 25.5. The van der Waals surface area contributed by atoms with Crippen LogP contribution in [0.1, 0.15) is 48.1 Å². The molecule has 0 aliphatic heterocycles. The first-order valence-corrected chi connectivity index (χ1v) is 9.78. The lowest BCUT2D eigenvalue weighted by atomic mass is 9.98. The highest BCUT2D eigenvalue weighted by atomic mass is 16.2. The van der Waals surface area contributed by atoms with Crippen LogP contribution < -0.4 is 10.6 Å². The van der Waals surface area contributed by atoms with Crippen LogP contribution in [0, 0.1) is 6.92 Å². The quantitative estimate of drug-likeness (QED) is 0.609. The largest absolute Gasteiger partial charge is 0.337 e. The van der Waals surface area contributed by atoms with Gasteiger partial charge in [0.2, 0.25) is 0 Å². The zero-order valence-electron chi connectivity index (χ0n) is 17.0. The molecule has 148 valence electrons. The number of carbonyl (C=O) groups excluding carboxylic acids is 2. The maximum absolute atomic E-state index is 12.8. The van der Waals surface area contributed by atoms with E-state index in [0.717, 1.165) is 22.3 Å². The molecule has 0 aliphatic carbocycles. The van der Waals surface area contributed by atoms with Crippen LogP contribution in [0.4, 0.5) is 5.69 Å². The van der Waals surface area contributed by atoms with Gasteiger partial charge in [-0.05, 0) is 35.1 Å². The molecule has 0 saturated heterocycles. The van der Waals surface area contributed by atoms with Gasteiger partial charge in [0.25, 0.3) is 0 Å². The maximum Gasteiger partial charge on any atom is 0.313 e. The molecule has 0 aliphatic rings. The Bertz CT molecular complexity index is 943. The van der Waals surface area contributed by atoms with E-state index in [1.54, 1.807) is 0 Å². The van der Waals surface area contributed by atoms with Gasteiger partial charge in [0.05, 0.1) is 6.04 Å². The van der Waals surface area contributed by atoms with E-state index in [2.05, 4.69) is 24.5 Å². The highest BCUT2D eigenvalue weighted by molar-refractivity contribution is 6.39. The number of amides is 2. The van der Waals surface area contributed by atoms with Crippen molar-refractivity contribution >= 4 is 17.5 Å². The Labute approximate surface area is 172 Å². The smallest absolute Gasteiger partial charge is 0.313 e. The van der Waals surface area contributed by atoms with Gasteiger partial charge in [-0.15, -0.1) is 0 Å². The molecule has 3 rings (SSSR count). The number of hydrogen-bond donors (Lipinski definition) is 2. The van der Waals surface area contributed by atoms with Crippen LogP contribution >= 0.6 is 0 Å². The topological polar surface area (TPSA) is 58.2 Å². The van der Waals surface area contributed by atoms with Crippen molar-refractivity contribution in [1.29, 1.82) is 0 Å². The second-order valence-corrected chi connectivity index (χ2v) is 7.38. The fourth-order valence-electron chi connectivity index (χ4n) is 3.36. The molecule has 0 bridgehead atoms. The van der Waals surface area contributed by atoms with Crippen LogP contribution in [-0.2, 0) is 9.59 Å². The van der Waals surface area contributed by atoms with E-state index in [-0.39, 0.29) is 5.92 Å². The highest BCUT2D eigenvalue weighted by Crippen LogP contribution is 2.27. The minimum Gasteiger partial charge on any atom is -0.337 e. The van der Waals surface area contributed by atoms with Crippen molar-refractivity contribution in [3.05, 3.63) is 101 Å². The fraction of sp³-hybridized carbons (Fsp3) is 0.200. The predicted molar refractivity (Wildman–Crippen MR) is 117 cm³/mol. The van der Waals surface area contributed by atoms with Crippen molar-refractivity contribution < 1.29 is 9.59 Å². The Morgan fingerprint density at radius 2 is 1.28 bits per heavy atom. The molecule has 3 aromatic carbocycles. The first-order chi connectivity index (χ1) is 14.0. The summed E-state index contributed by atoms with van der Waals surface area (Å²) >= 11 is 0. The first-order valence-electron chi connectivity index (χ1n) is 9.78. The van der Waals surface area contributed by atoms with Crippen LogP contribution in [0.3, 0.4) is 0 Å². The number of carbonyl (C=O) groups is 2. The third-order valence-electron chi connectivity index (χ3n) is 4.91. The molecule has 3 aromatic rings. The molecule has 2 amide bonds. The third kappa shape index (κ3) is 4.91. The fourth-order valence-corrected chi connectivity index (χ4v) is 3.36. The number of anilines is 1. The van der Waals surface area contributed by atoms with Crippen LogP contribution in [0.2, 0.25) is 0 Å². The number of nitrogens with one attached hydrogen (secondary N) is 2. The number of benzene rings is 3. The zero-order valence-corrected chi connectivity index (χ0v) is 17.0. The van der Waals surface area contributed by atoms with Gasteiger partial charge in [-0.25, -0.2) is 0 Å². The second-order valence-electron chi connectivity index (χ2n) is 7.38. The van der Waals surface area contributed by atoms with E-state index in [9.17, 15) is 9.59 Å². The van der Waals surface area contributed by atoms with Crippen molar-refractivity contribution in [1.82, 2.24) is 5.32 Å². The maximum atomic E-state index is 12.8. The molecule has 0 aromatic heterocycles. The average molecular weight is 386 g/mol.